The summed E-state index contributed by atoms with van der Waals surface area (Å²) in [5, 5.41) is 0. The molecule has 8 rings (SSSR count). The van der Waals surface area contributed by atoms with Crippen molar-refractivity contribution in [3.63, 3.8) is 0 Å². The zero-order valence-corrected chi connectivity index (χ0v) is 25.5. The fourth-order valence-corrected chi connectivity index (χ4v) is 7.07. The van der Waals surface area contributed by atoms with E-state index >= 15 is 0 Å². The van der Waals surface area contributed by atoms with Crippen molar-refractivity contribution >= 4 is 33.9 Å². The lowest BCUT2D eigenvalue weighted by atomic mass is 10.1. The highest BCUT2D eigenvalue weighted by molar-refractivity contribution is 5.83. The van der Waals surface area contributed by atoms with Crippen LogP contribution in [0, 0.1) is 11.8 Å². The fraction of sp³-hybridized carbons (Fsp3) is 0.361. The molecule has 3 aliphatic rings. The molecule has 3 saturated heterocycles. The zero-order chi connectivity index (χ0) is 31.0. The van der Waals surface area contributed by atoms with Crippen LogP contribution in [-0.4, -0.2) is 72.3 Å². The number of likely N-dealkylation sites (tertiary alicyclic amines) is 2. The summed E-state index contributed by atoms with van der Waals surface area (Å²) in [6.07, 6.45) is 8.91. The summed E-state index contributed by atoms with van der Waals surface area (Å²) in [6.45, 7) is 2.13. The van der Waals surface area contributed by atoms with E-state index in [2.05, 4.69) is 26.8 Å². The van der Waals surface area contributed by atoms with Gasteiger partial charge in [0.2, 0.25) is 5.91 Å². The topological polar surface area (TPSA) is 120 Å². The number of imidazole rings is 2. The van der Waals surface area contributed by atoms with Crippen LogP contribution < -0.4 is 0 Å². The molecular formula is C36H35N7O3. The Morgan fingerprint density at radius 2 is 1.48 bits per heavy atom. The molecule has 2 N–H and O–H groups in total. The predicted molar refractivity (Wildman–Crippen MR) is 172 cm³/mol. The second-order valence-corrected chi connectivity index (χ2v) is 12.4. The Morgan fingerprint density at radius 1 is 0.826 bits per heavy atom. The second kappa shape index (κ2) is 12.1. The Kier molecular flexibility index (Phi) is 7.46. The quantitative estimate of drug-likeness (QED) is 0.270. The molecule has 46 heavy (non-hydrogen) atoms. The first-order valence-corrected chi connectivity index (χ1v) is 16.2. The van der Waals surface area contributed by atoms with Gasteiger partial charge in [0, 0.05) is 43.2 Å². The third kappa shape index (κ3) is 5.52. The number of hydrogen-bond donors (Lipinski definition) is 2. The number of fused-ring (bicyclic) bond motifs is 2. The molecule has 2 amide bonds. The van der Waals surface area contributed by atoms with Gasteiger partial charge in [-0.15, -0.1) is 0 Å². The van der Waals surface area contributed by atoms with Gasteiger partial charge in [0.15, 0.2) is 0 Å². The van der Waals surface area contributed by atoms with Crippen LogP contribution in [0.3, 0.4) is 0 Å². The predicted octanol–water partition coefficient (Wildman–Crippen LogP) is 4.98. The molecule has 5 aromatic rings. The maximum atomic E-state index is 13.1. The number of pyridine rings is 1. The summed E-state index contributed by atoms with van der Waals surface area (Å²) >= 11 is 0. The lowest BCUT2D eigenvalue weighted by molar-refractivity contribution is -0.142. The van der Waals surface area contributed by atoms with Gasteiger partial charge < -0.3 is 24.5 Å². The number of carbonyl (C=O) groups is 2. The highest BCUT2D eigenvalue weighted by Crippen LogP contribution is 2.34. The van der Waals surface area contributed by atoms with E-state index in [1.165, 1.54) is 0 Å². The average Bonchev–Trinajstić information content (AvgIpc) is 3.92. The Morgan fingerprint density at radius 3 is 2.09 bits per heavy atom. The van der Waals surface area contributed by atoms with E-state index in [1.54, 1.807) is 12.4 Å². The molecule has 0 saturated carbocycles. The van der Waals surface area contributed by atoms with Crippen LogP contribution >= 0.6 is 0 Å². The smallest absolute Gasteiger partial charge is 0.252 e. The van der Waals surface area contributed by atoms with Crippen molar-refractivity contribution in [2.24, 2.45) is 0 Å². The summed E-state index contributed by atoms with van der Waals surface area (Å²) in [7, 11) is 0. The standard InChI is InChI=1S/C36H35N7O3/c44-33(21-25-5-1-15-37-22-25)42-16-2-6-30(42)34-38-26-13-11-23(19-28(26)40-34)9-10-24-12-14-27-29(20-24)41-35(39-27)31-7-3-17-43(31)36(45)32-8-4-18-46-32/h1,5,11-15,19-20,22,30-32H,2-4,6-8,16-18,21H2,(H,38,40)(H,39,41)/t30-,31-,32+/m0/s1. The van der Waals surface area contributed by atoms with Crippen molar-refractivity contribution in [1.29, 1.82) is 0 Å². The van der Waals surface area contributed by atoms with E-state index in [1.807, 2.05) is 58.3 Å². The molecular weight excluding hydrogens is 578 g/mol. The van der Waals surface area contributed by atoms with Gasteiger partial charge in [-0.1, -0.05) is 17.9 Å². The minimum absolute atomic E-state index is 0.0553. The number of aromatic amines is 2. The summed E-state index contributed by atoms with van der Waals surface area (Å²) < 4.78 is 5.67. The van der Waals surface area contributed by atoms with Crippen LogP contribution in [0.5, 0.6) is 0 Å². The van der Waals surface area contributed by atoms with Gasteiger partial charge in [-0.2, -0.15) is 0 Å². The van der Waals surface area contributed by atoms with E-state index in [0.29, 0.717) is 13.0 Å². The normalized spacial score (nSPS) is 21.3. The van der Waals surface area contributed by atoms with Gasteiger partial charge in [-0.05, 0) is 86.6 Å². The van der Waals surface area contributed by atoms with Crippen LogP contribution in [0.4, 0.5) is 0 Å². The molecule has 3 atom stereocenters. The van der Waals surface area contributed by atoms with Crippen LogP contribution in [-0.2, 0) is 20.7 Å². The van der Waals surface area contributed by atoms with Crippen LogP contribution in [0.1, 0.15) is 78.9 Å². The van der Waals surface area contributed by atoms with E-state index in [0.717, 1.165) is 102 Å². The molecule has 3 fully saturated rings. The Bertz CT molecular complexity index is 1980. The Balaban J connectivity index is 0.982. The summed E-state index contributed by atoms with van der Waals surface area (Å²) in [4.78, 5) is 50.9. The first-order chi connectivity index (χ1) is 22.6. The van der Waals surface area contributed by atoms with Crippen molar-refractivity contribution in [1.82, 2.24) is 34.7 Å². The minimum Gasteiger partial charge on any atom is -0.368 e. The lowest BCUT2D eigenvalue weighted by Crippen LogP contribution is -2.38. The molecule has 3 aliphatic heterocycles. The third-order valence-electron chi connectivity index (χ3n) is 9.38. The van der Waals surface area contributed by atoms with Gasteiger partial charge >= 0.3 is 0 Å². The monoisotopic (exact) mass is 613 g/mol. The molecule has 232 valence electrons. The molecule has 10 nitrogen and oxygen atoms in total. The first-order valence-electron chi connectivity index (χ1n) is 16.2. The minimum atomic E-state index is -0.316. The number of aromatic nitrogens is 5. The molecule has 0 aliphatic carbocycles. The molecule has 2 aromatic carbocycles. The lowest BCUT2D eigenvalue weighted by Gasteiger charge is -2.25. The van der Waals surface area contributed by atoms with Gasteiger partial charge in [0.25, 0.3) is 5.91 Å². The fourth-order valence-electron chi connectivity index (χ4n) is 7.07. The number of nitrogens with zero attached hydrogens (tertiary/aromatic N) is 5. The maximum absolute atomic E-state index is 13.1. The Hall–Kier alpha value is -5.01. The maximum Gasteiger partial charge on any atom is 0.252 e. The molecule has 0 bridgehead atoms. The van der Waals surface area contributed by atoms with Gasteiger partial charge in [-0.25, -0.2) is 9.97 Å². The second-order valence-electron chi connectivity index (χ2n) is 12.4. The average molecular weight is 614 g/mol. The molecule has 0 unspecified atom stereocenters. The van der Waals surface area contributed by atoms with E-state index in [9.17, 15) is 9.59 Å². The third-order valence-corrected chi connectivity index (χ3v) is 9.38. The van der Waals surface area contributed by atoms with E-state index < -0.39 is 0 Å². The summed E-state index contributed by atoms with van der Waals surface area (Å²) in [5.41, 5.74) is 6.20. The van der Waals surface area contributed by atoms with E-state index in [-0.39, 0.29) is 30.0 Å². The summed E-state index contributed by atoms with van der Waals surface area (Å²) in [5.74, 6) is 8.41. The number of benzene rings is 2. The van der Waals surface area contributed by atoms with Crippen LogP contribution in [0.15, 0.2) is 60.9 Å². The highest BCUT2D eigenvalue weighted by Gasteiger charge is 2.37. The van der Waals surface area contributed by atoms with Crippen molar-refractivity contribution < 1.29 is 14.3 Å². The SMILES string of the molecule is O=C(Cc1cccnc1)N1CCC[C@H]1c1nc2ccc(C#Cc3ccc4nc([C@@H]5CCCN5C(=O)[C@H]5CCCO5)[nH]c4c3)cc2[nH]1. The van der Waals surface area contributed by atoms with Gasteiger partial charge in [0.05, 0.1) is 40.6 Å². The molecule has 0 radical (unpaired) electrons. The molecule has 0 spiro atoms. The molecule has 6 heterocycles. The number of rotatable bonds is 5. The van der Waals surface area contributed by atoms with Crippen LogP contribution in [0.25, 0.3) is 22.1 Å². The van der Waals surface area contributed by atoms with Crippen LogP contribution in [0.2, 0.25) is 0 Å². The largest absolute Gasteiger partial charge is 0.368 e. The van der Waals surface area contributed by atoms with Crippen molar-refractivity contribution in [2.75, 3.05) is 19.7 Å². The van der Waals surface area contributed by atoms with Crippen molar-refractivity contribution in [2.45, 2.75) is 63.1 Å². The van der Waals surface area contributed by atoms with Crippen molar-refractivity contribution in [3.8, 4) is 11.8 Å². The zero-order valence-electron chi connectivity index (χ0n) is 25.5. The number of hydrogen-bond acceptors (Lipinski definition) is 6. The summed E-state index contributed by atoms with van der Waals surface area (Å²) in [6, 6.07) is 15.6. The van der Waals surface area contributed by atoms with Crippen molar-refractivity contribution in [3.05, 3.63) is 89.3 Å². The number of H-pyrrole nitrogens is 2. The number of ether oxygens (including phenoxy) is 1. The first kappa shape index (κ1) is 28.5. The van der Waals surface area contributed by atoms with Gasteiger partial charge in [-0.3, -0.25) is 14.6 Å². The number of carbonyl (C=O) groups excluding carboxylic acids is 2. The Labute approximate surface area is 266 Å². The molecule has 3 aromatic heterocycles. The number of nitrogens with one attached hydrogen (secondary N) is 2. The molecule has 10 heteroatoms. The van der Waals surface area contributed by atoms with E-state index in [4.69, 9.17) is 14.7 Å². The van der Waals surface area contributed by atoms with Gasteiger partial charge in [0.1, 0.15) is 17.8 Å². The number of amides is 2. The highest BCUT2D eigenvalue weighted by atomic mass is 16.5.